The van der Waals surface area contributed by atoms with Gasteiger partial charge in [0.25, 0.3) is 0 Å². The van der Waals surface area contributed by atoms with Crippen LogP contribution in [0.3, 0.4) is 0 Å². The van der Waals surface area contributed by atoms with Crippen molar-refractivity contribution in [3.05, 3.63) is 0 Å². The molecule has 5 aliphatic rings. The van der Waals surface area contributed by atoms with Crippen molar-refractivity contribution in [3.63, 3.8) is 0 Å². The molecule has 5 fully saturated rings. The van der Waals surface area contributed by atoms with E-state index in [1.54, 1.807) is 0 Å². The summed E-state index contributed by atoms with van der Waals surface area (Å²) in [5.74, 6) is 3.13. The average molecular weight is 562 g/mol. The second-order valence-electron chi connectivity index (χ2n) is 15.9. The van der Waals surface area contributed by atoms with Gasteiger partial charge in [-0.1, -0.05) is 73.1 Å². The smallest absolute Gasteiger partial charge is 0.0649 e. The lowest BCUT2D eigenvalue weighted by atomic mass is 9.61. The van der Waals surface area contributed by atoms with Crippen LogP contribution < -0.4 is 16.0 Å². The Labute approximate surface area is 245 Å². The zero-order chi connectivity index (χ0) is 28.4. The molecule has 4 aliphatic carbocycles. The van der Waals surface area contributed by atoms with Crippen LogP contribution in [0, 0.1) is 46.8 Å². The van der Waals surface area contributed by atoms with Gasteiger partial charge in [-0.25, -0.2) is 0 Å². The SMILES string of the molecule is CC1CC(C(C)(C)C)C(O)C(C)C1COC1CCC(C2NC(C3CCCCC3)NC(C3CCCCC3)N2)C(O)C1. The fraction of sp³-hybridized carbons (Fsp3) is 1.00. The molecule has 10 unspecified atom stereocenters. The van der Waals surface area contributed by atoms with Gasteiger partial charge in [0.1, 0.15) is 0 Å². The largest absolute Gasteiger partial charge is 0.393 e. The van der Waals surface area contributed by atoms with Crippen LogP contribution in [0.5, 0.6) is 0 Å². The summed E-state index contributed by atoms with van der Waals surface area (Å²) in [5, 5.41) is 34.6. The Balaban J connectivity index is 1.16. The third kappa shape index (κ3) is 7.27. The number of nitrogens with one attached hydrogen (secondary N) is 3. The molecule has 0 aromatic heterocycles. The predicted molar refractivity (Wildman–Crippen MR) is 162 cm³/mol. The Kier molecular flexibility index (Phi) is 10.6. The molecule has 5 N–H and O–H groups in total. The molecule has 5 rings (SSSR count). The van der Waals surface area contributed by atoms with Crippen LogP contribution >= 0.6 is 0 Å². The third-order valence-electron chi connectivity index (χ3n) is 12.2. The first-order valence-corrected chi connectivity index (χ1v) is 17.4. The lowest BCUT2D eigenvalue weighted by Gasteiger charge is -2.50. The molecule has 10 atom stereocenters. The first-order valence-electron chi connectivity index (χ1n) is 17.4. The van der Waals surface area contributed by atoms with E-state index in [4.69, 9.17) is 4.74 Å². The van der Waals surface area contributed by atoms with Gasteiger partial charge in [0.2, 0.25) is 0 Å². The molecule has 0 radical (unpaired) electrons. The van der Waals surface area contributed by atoms with Crippen molar-refractivity contribution in [2.45, 2.75) is 161 Å². The molecule has 6 nitrogen and oxygen atoms in total. The molecular formula is C34H63N3O3. The molecule has 1 aliphatic heterocycles. The highest BCUT2D eigenvalue weighted by Gasteiger charge is 2.46. The lowest BCUT2D eigenvalue weighted by Crippen LogP contribution is -2.73. The maximum atomic E-state index is 11.5. The summed E-state index contributed by atoms with van der Waals surface area (Å²) < 4.78 is 6.55. The van der Waals surface area contributed by atoms with Crippen molar-refractivity contribution in [2.75, 3.05) is 6.61 Å². The Bertz CT molecular complexity index is 751. The zero-order valence-electron chi connectivity index (χ0n) is 26.4. The van der Waals surface area contributed by atoms with Gasteiger partial charge < -0.3 is 14.9 Å². The number of hydrogen-bond acceptors (Lipinski definition) is 6. The molecule has 1 heterocycles. The summed E-state index contributed by atoms with van der Waals surface area (Å²) in [4.78, 5) is 0. The first kappa shape index (κ1) is 31.2. The van der Waals surface area contributed by atoms with Gasteiger partial charge in [-0.3, -0.25) is 16.0 Å². The standard InChI is InChI=1S/C34H63N3O3/c1-21-18-28(34(3,4)5)30(39)22(2)27(21)20-40-25-16-17-26(29(38)19-25)33-36-31(23-12-8-6-9-13-23)35-32(37-33)24-14-10-7-11-15-24/h21-33,35-39H,6-20H2,1-5H3. The van der Waals surface area contributed by atoms with Crippen molar-refractivity contribution < 1.29 is 14.9 Å². The Morgan fingerprint density at radius 3 is 1.77 bits per heavy atom. The maximum Gasteiger partial charge on any atom is 0.0649 e. The second kappa shape index (κ2) is 13.6. The molecule has 0 bridgehead atoms. The van der Waals surface area contributed by atoms with E-state index in [1.165, 1.54) is 64.2 Å². The first-order chi connectivity index (χ1) is 19.1. The minimum atomic E-state index is -0.349. The maximum absolute atomic E-state index is 11.5. The highest BCUT2D eigenvalue weighted by Crippen LogP contribution is 2.46. The molecule has 0 aromatic carbocycles. The van der Waals surface area contributed by atoms with Crippen molar-refractivity contribution >= 4 is 0 Å². The lowest BCUT2D eigenvalue weighted by molar-refractivity contribution is -0.114. The van der Waals surface area contributed by atoms with Crippen LogP contribution in [0.25, 0.3) is 0 Å². The van der Waals surface area contributed by atoms with Crippen molar-refractivity contribution in [3.8, 4) is 0 Å². The van der Waals surface area contributed by atoms with Crippen LogP contribution in [0.2, 0.25) is 0 Å². The number of aliphatic hydroxyl groups excluding tert-OH is 2. The van der Waals surface area contributed by atoms with E-state index in [1.807, 2.05) is 0 Å². The van der Waals surface area contributed by atoms with Crippen LogP contribution in [-0.2, 0) is 4.74 Å². The summed E-state index contributed by atoms with van der Waals surface area (Å²) in [6.45, 7) is 12.1. The molecule has 4 saturated carbocycles. The van der Waals surface area contributed by atoms with Gasteiger partial charge in [0, 0.05) is 5.92 Å². The molecule has 6 heteroatoms. The molecular weight excluding hydrogens is 498 g/mol. The van der Waals surface area contributed by atoms with Crippen LogP contribution in [-0.4, -0.2) is 53.6 Å². The number of ether oxygens (including phenoxy) is 1. The average Bonchev–Trinajstić information content (AvgIpc) is 2.95. The van der Waals surface area contributed by atoms with Gasteiger partial charge in [-0.2, -0.15) is 0 Å². The van der Waals surface area contributed by atoms with Crippen molar-refractivity contribution in [2.24, 2.45) is 46.8 Å². The third-order valence-corrected chi connectivity index (χ3v) is 12.2. The fourth-order valence-corrected chi connectivity index (χ4v) is 9.41. The van der Waals surface area contributed by atoms with Crippen molar-refractivity contribution in [1.29, 1.82) is 0 Å². The predicted octanol–water partition coefficient (Wildman–Crippen LogP) is 5.77. The molecule has 1 saturated heterocycles. The van der Waals surface area contributed by atoms with Gasteiger partial charge >= 0.3 is 0 Å². The quantitative estimate of drug-likeness (QED) is 0.283. The Hall–Kier alpha value is -0.240. The number of aliphatic hydroxyl groups is 2. The summed E-state index contributed by atoms with van der Waals surface area (Å²) in [6.07, 6.45) is 17.7. The number of hydrogen-bond donors (Lipinski definition) is 5. The summed E-state index contributed by atoms with van der Waals surface area (Å²) in [7, 11) is 0. The van der Waals surface area contributed by atoms with Gasteiger partial charge in [0.05, 0.1) is 43.4 Å². The second-order valence-corrected chi connectivity index (χ2v) is 15.9. The van der Waals surface area contributed by atoms with Crippen LogP contribution in [0.4, 0.5) is 0 Å². The van der Waals surface area contributed by atoms with E-state index in [2.05, 4.69) is 50.6 Å². The highest BCUT2D eigenvalue weighted by atomic mass is 16.5. The molecule has 0 aromatic rings. The fourth-order valence-electron chi connectivity index (χ4n) is 9.41. The monoisotopic (exact) mass is 561 g/mol. The van der Waals surface area contributed by atoms with E-state index < -0.39 is 0 Å². The topological polar surface area (TPSA) is 85.8 Å². The van der Waals surface area contributed by atoms with E-state index in [-0.39, 0.29) is 41.7 Å². The zero-order valence-corrected chi connectivity index (χ0v) is 26.4. The summed E-state index contributed by atoms with van der Waals surface area (Å²) in [6, 6.07) is 0. The van der Waals surface area contributed by atoms with Gasteiger partial charge in [-0.05, 0) is 92.3 Å². The van der Waals surface area contributed by atoms with Crippen LogP contribution in [0.1, 0.15) is 125 Å². The minimum absolute atomic E-state index is 0.119. The molecule has 0 amide bonds. The summed E-state index contributed by atoms with van der Waals surface area (Å²) in [5.41, 5.74) is 0.124. The number of rotatable bonds is 6. The highest BCUT2D eigenvalue weighted by molar-refractivity contribution is 4.97. The van der Waals surface area contributed by atoms with Crippen molar-refractivity contribution in [1.82, 2.24) is 16.0 Å². The van der Waals surface area contributed by atoms with E-state index in [0.29, 0.717) is 48.5 Å². The Morgan fingerprint density at radius 2 is 1.25 bits per heavy atom. The Morgan fingerprint density at radius 1 is 0.700 bits per heavy atom. The van der Waals surface area contributed by atoms with Gasteiger partial charge in [0.15, 0.2) is 0 Å². The van der Waals surface area contributed by atoms with Crippen LogP contribution in [0.15, 0.2) is 0 Å². The molecule has 40 heavy (non-hydrogen) atoms. The van der Waals surface area contributed by atoms with E-state index >= 15 is 0 Å². The molecule has 0 spiro atoms. The normalized spacial score (nSPS) is 44.9. The van der Waals surface area contributed by atoms with E-state index in [9.17, 15) is 10.2 Å². The van der Waals surface area contributed by atoms with Gasteiger partial charge in [-0.15, -0.1) is 0 Å². The molecule has 232 valence electrons. The van der Waals surface area contributed by atoms with E-state index in [0.717, 1.165) is 25.7 Å². The summed E-state index contributed by atoms with van der Waals surface area (Å²) >= 11 is 0. The minimum Gasteiger partial charge on any atom is -0.393 e.